The van der Waals surface area contributed by atoms with Crippen molar-refractivity contribution < 1.29 is 23.9 Å². The van der Waals surface area contributed by atoms with Gasteiger partial charge in [0.05, 0.1) is 18.9 Å². The first kappa shape index (κ1) is 26.8. The van der Waals surface area contributed by atoms with Crippen LogP contribution in [-0.2, 0) is 16.1 Å². The largest absolute Gasteiger partial charge is 0.494 e. The van der Waals surface area contributed by atoms with Gasteiger partial charge in [0.2, 0.25) is 0 Å². The van der Waals surface area contributed by atoms with Crippen molar-refractivity contribution in [2.75, 3.05) is 18.1 Å². The quantitative estimate of drug-likeness (QED) is 0.178. The zero-order chi connectivity index (χ0) is 29.2. The molecule has 0 spiro atoms. The molecule has 6 rings (SSSR count). The van der Waals surface area contributed by atoms with Crippen molar-refractivity contribution in [2.24, 2.45) is 0 Å². The number of rotatable bonds is 8. The third kappa shape index (κ3) is 4.88. The third-order valence-electron chi connectivity index (χ3n) is 7.22. The summed E-state index contributed by atoms with van der Waals surface area (Å²) >= 11 is 0. The van der Waals surface area contributed by atoms with Gasteiger partial charge in [0.25, 0.3) is 11.8 Å². The second-order valence-corrected chi connectivity index (χ2v) is 9.82. The van der Waals surface area contributed by atoms with Crippen LogP contribution in [0.5, 0.6) is 11.5 Å². The number of anilines is 1. The lowest BCUT2D eigenvalue weighted by molar-refractivity contribution is -0.122. The monoisotopic (exact) mass is 559 g/mol. The van der Waals surface area contributed by atoms with Gasteiger partial charge in [-0.3, -0.25) is 14.9 Å². The first-order valence-corrected chi connectivity index (χ1v) is 13.8. The summed E-state index contributed by atoms with van der Waals surface area (Å²) in [5.41, 5.74) is 2.83. The van der Waals surface area contributed by atoms with Crippen molar-refractivity contribution in [1.29, 1.82) is 0 Å². The van der Waals surface area contributed by atoms with Crippen LogP contribution in [0.4, 0.5) is 10.5 Å². The van der Waals surface area contributed by atoms with Gasteiger partial charge in [-0.05, 0) is 54.5 Å². The number of hydrogen-bond donors (Lipinski definition) is 1. The second-order valence-electron chi connectivity index (χ2n) is 9.82. The number of hydrogen-bond acceptors (Lipinski definition) is 5. The van der Waals surface area contributed by atoms with Crippen LogP contribution in [0.3, 0.4) is 0 Å². The van der Waals surface area contributed by atoms with Gasteiger partial charge in [-0.2, -0.15) is 0 Å². The lowest BCUT2D eigenvalue weighted by Crippen LogP contribution is -2.54. The molecule has 1 aliphatic heterocycles. The zero-order valence-corrected chi connectivity index (χ0v) is 23.3. The van der Waals surface area contributed by atoms with Gasteiger partial charge in [0, 0.05) is 35.3 Å². The Balaban J connectivity index is 1.42. The van der Waals surface area contributed by atoms with Crippen LogP contribution in [0.1, 0.15) is 25.0 Å². The maximum absolute atomic E-state index is 13.8. The summed E-state index contributed by atoms with van der Waals surface area (Å²) in [6.45, 7) is 4.96. The molecule has 1 aromatic heterocycles. The molecular weight excluding hydrogens is 530 g/mol. The number of amides is 4. The maximum Gasteiger partial charge on any atom is 0.336 e. The van der Waals surface area contributed by atoms with E-state index in [0.717, 1.165) is 32.1 Å². The fourth-order valence-electron chi connectivity index (χ4n) is 5.37. The summed E-state index contributed by atoms with van der Waals surface area (Å²) in [5, 5.41) is 5.51. The number of aromatic nitrogens is 1. The van der Waals surface area contributed by atoms with Crippen LogP contribution < -0.4 is 19.7 Å². The molecule has 210 valence electrons. The highest BCUT2D eigenvalue weighted by molar-refractivity contribution is 6.39. The molecular formula is C34H29N3O5. The van der Waals surface area contributed by atoms with Crippen molar-refractivity contribution in [1.82, 2.24) is 9.88 Å². The Morgan fingerprint density at radius 1 is 0.810 bits per heavy atom. The van der Waals surface area contributed by atoms with E-state index in [1.165, 1.54) is 0 Å². The van der Waals surface area contributed by atoms with E-state index in [9.17, 15) is 14.4 Å². The maximum atomic E-state index is 13.8. The molecule has 8 nitrogen and oxygen atoms in total. The molecule has 1 aliphatic rings. The number of ether oxygens (including phenoxy) is 2. The zero-order valence-electron chi connectivity index (χ0n) is 23.3. The second kappa shape index (κ2) is 11.2. The average molecular weight is 560 g/mol. The van der Waals surface area contributed by atoms with Gasteiger partial charge >= 0.3 is 6.03 Å². The van der Waals surface area contributed by atoms with Gasteiger partial charge in [-0.15, -0.1) is 0 Å². The van der Waals surface area contributed by atoms with Gasteiger partial charge in [-0.25, -0.2) is 9.69 Å². The standard InChI is InChI=1S/C34H29N3O5/c1-3-41-25-16-17-31(42-4-2)30(19-25)37-33(39)28(32(38)35-34(37)40)18-24-21-36(29-15-8-7-14-27(24)29)20-23-12-9-11-22-10-5-6-13-26(22)23/h5-19,21H,3-4,20H2,1-2H3,(H,35,38,40)/b28-18+. The Morgan fingerprint density at radius 2 is 1.55 bits per heavy atom. The van der Waals surface area contributed by atoms with E-state index in [0.29, 0.717) is 36.8 Å². The topological polar surface area (TPSA) is 89.9 Å². The van der Waals surface area contributed by atoms with Gasteiger partial charge < -0.3 is 14.0 Å². The lowest BCUT2D eigenvalue weighted by atomic mass is 10.0. The first-order chi connectivity index (χ1) is 20.5. The van der Waals surface area contributed by atoms with Crippen molar-refractivity contribution in [3.05, 3.63) is 108 Å². The smallest absolute Gasteiger partial charge is 0.336 e. The average Bonchev–Trinajstić information content (AvgIpc) is 3.34. The van der Waals surface area contributed by atoms with Gasteiger partial charge in [0.1, 0.15) is 17.1 Å². The molecule has 4 amide bonds. The Labute approximate surface area is 242 Å². The number of nitrogens with one attached hydrogen (secondary N) is 1. The van der Waals surface area contributed by atoms with Crippen LogP contribution in [0, 0.1) is 0 Å². The van der Waals surface area contributed by atoms with E-state index in [1.54, 1.807) is 31.2 Å². The number of benzene rings is 4. The summed E-state index contributed by atoms with van der Waals surface area (Å²) in [4.78, 5) is 40.8. The minimum Gasteiger partial charge on any atom is -0.494 e. The number of carbonyl (C=O) groups is 3. The molecule has 8 heteroatoms. The van der Waals surface area contributed by atoms with Crippen LogP contribution in [0.15, 0.2) is 96.7 Å². The third-order valence-corrected chi connectivity index (χ3v) is 7.22. The molecule has 1 saturated heterocycles. The summed E-state index contributed by atoms with van der Waals surface area (Å²) in [6.07, 6.45) is 3.48. The molecule has 1 fully saturated rings. The number of carbonyl (C=O) groups excluding carboxylic acids is 3. The normalized spacial score (nSPS) is 14.6. The molecule has 4 aromatic carbocycles. The Kier molecular flexibility index (Phi) is 7.19. The van der Waals surface area contributed by atoms with Gasteiger partial charge in [0.15, 0.2) is 0 Å². The van der Waals surface area contributed by atoms with Crippen LogP contribution in [0.25, 0.3) is 27.8 Å². The minimum absolute atomic E-state index is 0.160. The highest BCUT2D eigenvalue weighted by atomic mass is 16.5. The summed E-state index contributed by atoms with van der Waals surface area (Å²) in [5.74, 6) is -0.712. The number of imide groups is 2. The predicted octanol–water partition coefficient (Wildman–Crippen LogP) is 6.31. The summed E-state index contributed by atoms with van der Waals surface area (Å²) < 4.78 is 13.4. The number of fused-ring (bicyclic) bond motifs is 2. The molecule has 5 aromatic rings. The molecule has 1 N–H and O–H groups in total. The van der Waals surface area contributed by atoms with Crippen LogP contribution in [-0.4, -0.2) is 35.6 Å². The molecule has 0 aliphatic carbocycles. The molecule has 42 heavy (non-hydrogen) atoms. The number of barbiturate groups is 1. The summed E-state index contributed by atoms with van der Waals surface area (Å²) in [7, 11) is 0. The fraction of sp³-hybridized carbons (Fsp3) is 0.147. The van der Waals surface area contributed by atoms with E-state index >= 15 is 0 Å². The van der Waals surface area contributed by atoms with E-state index in [-0.39, 0.29) is 11.3 Å². The molecule has 0 bridgehead atoms. The molecule has 2 heterocycles. The molecule has 0 saturated carbocycles. The van der Waals surface area contributed by atoms with Crippen LogP contribution >= 0.6 is 0 Å². The highest BCUT2D eigenvalue weighted by Crippen LogP contribution is 2.35. The fourth-order valence-corrected chi connectivity index (χ4v) is 5.37. The molecule has 0 atom stereocenters. The molecule has 0 radical (unpaired) electrons. The Morgan fingerprint density at radius 3 is 2.36 bits per heavy atom. The highest BCUT2D eigenvalue weighted by Gasteiger charge is 2.38. The predicted molar refractivity (Wildman–Crippen MR) is 163 cm³/mol. The number of para-hydroxylation sites is 1. The Bertz CT molecular complexity index is 1880. The van der Waals surface area contributed by atoms with Crippen molar-refractivity contribution in [2.45, 2.75) is 20.4 Å². The Hall–Kier alpha value is -5.37. The van der Waals surface area contributed by atoms with Gasteiger partial charge in [-0.1, -0.05) is 60.7 Å². The number of nitrogens with zero attached hydrogens (tertiary/aromatic N) is 2. The van der Waals surface area contributed by atoms with Crippen molar-refractivity contribution in [3.8, 4) is 11.5 Å². The minimum atomic E-state index is -0.852. The van der Waals surface area contributed by atoms with E-state index in [4.69, 9.17) is 9.47 Å². The SMILES string of the molecule is CCOc1ccc(OCC)c(N2C(=O)NC(=O)/C(=C\c3cn(Cc4cccc5ccccc45)c4ccccc34)C2=O)c1. The summed E-state index contributed by atoms with van der Waals surface area (Å²) in [6, 6.07) is 26.4. The van der Waals surface area contributed by atoms with E-state index < -0.39 is 17.8 Å². The number of urea groups is 1. The van der Waals surface area contributed by atoms with Crippen molar-refractivity contribution in [3.63, 3.8) is 0 Å². The van der Waals surface area contributed by atoms with E-state index in [1.807, 2.05) is 55.6 Å². The molecule has 0 unspecified atom stereocenters. The first-order valence-electron chi connectivity index (χ1n) is 13.8. The van der Waals surface area contributed by atoms with Crippen molar-refractivity contribution >= 4 is 51.3 Å². The van der Waals surface area contributed by atoms with Crippen LogP contribution in [0.2, 0.25) is 0 Å². The lowest BCUT2D eigenvalue weighted by Gasteiger charge is -2.28. The van der Waals surface area contributed by atoms with E-state index in [2.05, 4.69) is 34.1 Å².